The van der Waals surface area contributed by atoms with Crippen molar-refractivity contribution in [1.82, 2.24) is 4.72 Å². The van der Waals surface area contributed by atoms with Gasteiger partial charge in [-0.05, 0) is 12.1 Å². The molecule has 18 heavy (non-hydrogen) atoms. The molecule has 0 heterocycles. The molecule has 0 aliphatic carbocycles. The highest BCUT2D eigenvalue weighted by Crippen LogP contribution is 2.17. The van der Waals surface area contributed by atoms with Crippen LogP contribution in [-0.2, 0) is 10.0 Å². The van der Waals surface area contributed by atoms with Crippen molar-refractivity contribution in [2.45, 2.75) is 18.7 Å². The molecule has 100 valence electrons. The first-order valence-corrected chi connectivity index (χ1v) is 6.74. The van der Waals surface area contributed by atoms with Crippen molar-refractivity contribution >= 4 is 15.9 Å². The molecular formula is C11H16FN3O2S. The summed E-state index contributed by atoms with van der Waals surface area (Å²) in [5.74, 6) is -0.954. The Labute approximate surface area is 106 Å². The fourth-order valence-corrected chi connectivity index (χ4v) is 2.40. The summed E-state index contributed by atoms with van der Waals surface area (Å²) in [4.78, 5) is -0.413. The van der Waals surface area contributed by atoms with Gasteiger partial charge in [-0.1, -0.05) is 26.0 Å². The van der Waals surface area contributed by atoms with Gasteiger partial charge < -0.3 is 5.73 Å². The quantitative estimate of drug-likeness (QED) is 0.553. The monoisotopic (exact) mass is 273 g/mol. The van der Waals surface area contributed by atoms with Gasteiger partial charge in [-0.2, -0.15) is 0 Å². The highest BCUT2D eigenvalue weighted by molar-refractivity contribution is 7.89. The topological polar surface area (TPSA) is 96.0 Å². The Morgan fingerprint density at radius 3 is 2.50 bits per heavy atom. The molecule has 5 nitrogen and oxygen atoms in total. The van der Waals surface area contributed by atoms with Gasteiger partial charge in [0.05, 0.1) is 5.84 Å². The Morgan fingerprint density at radius 2 is 2.00 bits per heavy atom. The van der Waals surface area contributed by atoms with Gasteiger partial charge >= 0.3 is 0 Å². The number of hydrogen-bond acceptors (Lipinski definition) is 3. The molecule has 0 saturated carbocycles. The van der Waals surface area contributed by atoms with Gasteiger partial charge in [0.1, 0.15) is 10.7 Å². The van der Waals surface area contributed by atoms with Crippen molar-refractivity contribution in [2.75, 3.05) is 6.54 Å². The number of halogens is 1. The lowest BCUT2D eigenvalue weighted by Crippen LogP contribution is -2.42. The van der Waals surface area contributed by atoms with Crippen molar-refractivity contribution in [2.24, 2.45) is 11.1 Å². The predicted octanol–water partition coefficient (Wildman–Crippen LogP) is 1.07. The van der Waals surface area contributed by atoms with E-state index in [9.17, 15) is 12.8 Å². The highest BCUT2D eigenvalue weighted by atomic mass is 32.2. The number of benzene rings is 1. The van der Waals surface area contributed by atoms with Crippen LogP contribution in [0, 0.1) is 16.6 Å². The first kappa shape index (κ1) is 14.6. The molecule has 1 aromatic rings. The van der Waals surface area contributed by atoms with E-state index in [1.165, 1.54) is 18.2 Å². The van der Waals surface area contributed by atoms with E-state index in [2.05, 4.69) is 4.72 Å². The summed E-state index contributed by atoms with van der Waals surface area (Å²) in [5.41, 5.74) is 4.52. The summed E-state index contributed by atoms with van der Waals surface area (Å²) in [7, 11) is -3.93. The summed E-state index contributed by atoms with van der Waals surface area (Å²) >= 11 is 0. The van der Waals surface area contributed by atoms with E-state index >= 15 is 0 Å². The Balaban J connectivity index is 2.92. The molecule has 0 aliphatic rings. The smallest absolute Gasteiger partial charge is 0.243 e. The first-order valence-electron chi connectivity index (χ1n) is 5.25. The van der Waals surface area contributed by atoms with Gasteiger partial charge in [-0.3, -0.25) is 5.41 Å². The largest absolute Gasteiger partial charge is 0.387 e. The third-order valence-electron chi connectivity index (χ3n) is 2.56. The van der Waals surface area contributed by atoms with E-state index in [1.807, 2.05) is 0 Å². The second-order valence-electron chi connectivity index (χ2n) is 4.55. The fourth-order valence-electron chi connectivity index (χ4n) is 1.11. The lowest BCUT2D eigenvalue weighted by molar-refractivity contribution is 0.490. The third kappa shape index (κ3) is 3.27. The second kappa shape index (κ2) is 5.03. The van der Waals surface area contributed by atoms with Gasteiger partial charge in [0, 0.05) is 12.0 Å². The minimum Gasteiger partial charge on any atom is -0.387 e. The number of hydrogen-bond donors (Lipinski definition) is 3. The molecule has 0 saturated heterocycles. The van der Waals surface area contributed by atoms with E-state index in [0.717, 1.165) is 6.07 Å². The average molecular weight is 273 g/mol. The Morgan fingerprint density at radius 1 is 1.44 bits per heavy atom. The van der Waals surface area contributed by atoms with Crippen molar-refractivity contribution in [3.05, 3.63) is 30.1 Å². The van der Waals surface area contributed by atoms with Crippen LogP contribution in [-0.4, -0.2) is 20.8 Å². The lowest BCUT2D eigenvalue weighted by Gasteiger charge is -2.23. The molecule has 4 N–H and O–H groups in total. The predicted molar refractivity (Wildman–Crippen MR) is 67.3 cm³/mol. The lowest BCUT2D eigenvalue weighted by atomic mass is 9.93. The summed E-state index contributed by atoms with van der Waals surface area (Å²) in [6.07, 6.45) is 0. The second-order valence-corrected chi connectivity index (χ2v) is 6.29. The van der Waals surface area contributed by atoms with Crippen molar-refractivity contribution in [3.8, 4) is 0 Å². The normalized spacial score (nSPS) is 12.4. The van der Waals surface area contributed by atoms with Crippen molar-refractivity contribution < 1.29 is 12.8 Å². The maximum Gasteiger partial charge on any atom is 0.243 e. The molecule has 0 atom stereocenters. The number of nitrogens with two attached hydrogens (primary N) is 1. The molecule has 0 unspecified atom stereocenters. The minimum absolute atomic E-state index is 0.0704. The van der Waals surface area contributed by atoms with Crippen LogP contribution in [0.15, 0.2) is 29.2 Å². The molecule has 0 bridgehead atoms. The van der Waals surface area contributed by atoms with E-state index < -0.39 is 26.2 Å². The molecular weight excluding hydrogens is 257 g/mol. The van der Waals surface area contributed by atoms with Crippen LogP contribution in [0.2, 0.25) is 0 Å². The van der Waals surface area contributed by atoms with Crippen LogP contribution in [0.5, 0.6) is 0 Å². The molecule has 0 spiro atoms. The van der Waals surface area contributed by atoms with Gasteiger partial charge in [-0.15, -0.1) is 0 Å². The molecule has 7 heteroatoms. The van der Waals surface area contributed by atoms with Crippen LogP contribution in [0.1, 0.15) is 13.8 Å². The first-order chi connectivity index (χ1) is 8.17. The van der Waals surface area contributed by atoms with Gasteiger partial charge in [0.25, 0.3) is 0 Å². The Hall–Kier alpha value is -1.47. The van der Waals surface area contributed by atoms with Gasteiger partial charge in [0.15, 0.2) is 0 Å². The summed E-state index contributed by atoms with van der Waals surface area (Å²) in [6.45, 7) is 3.18. The van der Waals surface area contributed by atoms with Crippen molar-refractivity contribution in [3.63, 3.8) is 0 Å². The zero-order chi connectivity index (χ0) is 14.0. The highest BCUT2D eigenvalue weighted by Gasteiger charge is 2.26. The molecule has 1 aromatic carbocycles. The summed E-state index contributed by atoms with van der Waals surface area (Å²) in [6, 6.07) is 5.10. The Kier molecular flexibility index (Phi) is 4.08. The minimum atomic E-state index is -3.93. The van der Waals surface area contributed by atoms with Crippen LogP contribution in [0.3, 0.4) is 0 Å². The van der Waals surface area contributed by atoms with E-state index in [1.54, 1.807) is 13.8 Å². The SMILES string of the molecule is CC(C)(CNS(=O)(=O)c1ccccc1F)C(=N)N. The number of sulfonamides is 1. The standard InChI is InChI=1S/C11H16FN3O2S/c1-11(2,10(13)14)7-15-18(16,17)9-6-4-3-5-8(9)12/h3-6,15H,7H2,1-2H3,(H3,13,14). The van der Waals surface area contributed by atoms with Crippen LogP contribution < -0.4 is 10.5 Å². The summed E-state index contributed by atoms with van der Waals surface area (Å²) in [5, 5.41) is 7.32. The maximum atomic E-state index is 13.4. The van der Waals surface area contributed by atoms with Gasteiger partial charge in [0.2, 0.25) is 10.0 Å². The molecule has 0 radical (unpaired) electrons. The fraction of sp³-hybridized carbons (Fsp3) is 0.364. The van der Waals surface area contributed by atoms with Gasteiger partial charge in [-0.25, -0.2) is 17.5 Å². The van der Waals surface area contributed by atoms with Crippen molar-refractivity contribution in [1.29, 1.82) is 5.41 Å². The molecule has 1 rings (SSSR count). The average Bonchev–Trinajstić information content (AvgIpc) is 2.27. The summed E-state index contributed by atoms with van der Waals surface area (Å²) < 4.78 is 39.3. The number of nitrogens with one attached hydrogen (secondary N) is 2. The van der Waals surface area contributed by atoms with Crippen LogP contribution >= 0.6 is 0 Å². The maximum absolute atomic E-state index is 13.4. The number of amidine groups is 1. The molecule has 0 aromatic heterocycles. The Bertz CT molecular complexity index is 555. The van der Waals surface area contributed by atoms with Crippen LogP contribution in [0.4, 0.5) is 4.39 Å². The van der Waals surface area contributed by atoms with E-state index in [4.69, 9.17) is 11.1 Å². The van der Waals surface area contributed by atoms with Crippen LogP contribution in [0.25, 0.3) is 0 Å². The molecule has 0 aliphatic heterocycles. The zero-order valence-corrected chi connectivity index (χ0v) is 11.0. The molecule has 0 amide bonds. The number of rotatable bonds is 5. The third-order valence-corrected chi connectivity index (χ3v) is 3.99. The van der Waals surface area contributed by atoms with E-state index in [-0.39, 0.29) is 12.4 Å². The van der Waals surface area contributed by atoms with E-state index in [0.29, 0.717) is 0 Å². The molecule has 0 fully saturated rings. The zero-order valence-electron chi connectivity index (χ0n) is 10.2.